The molecule has 8 heteroatoms. The van der Waals surface area contributed by atoms with Crippen LogP contribution in [-0.4, -0.2) is 21.8 Å². The Morgan fingerprint density at radius 1 is 1.12 bits per heavy atom. The summed E-state index contributed by atoms with van der Waals surface area (Å²) in [5.74, 6) is -1.24. The Hall–Kier alpha value is -3.42. The lowest BCUT2D eigenvalue weighted by atomic mass is 9.95. The van der Waals surface area contributed by atoms with Gasteiger partial charge in [0.1, 0.15) is 5.76 Å². The van der Waals surface area contributed by atoms with Crippen molar-refractivity contribution in [3.63, 3.8) is 0 Å². The zero-order chi connectivity index (χ0) is 23.4. The van der Waals surface area contributed by atoms with Crippen LogP contribution in [-0.2, 0) is 4.79 Å². The Labute approximate surface area is 198 Å². The van der Waals surface area contributed by atoms with E-state index in [1.165, 1.54) is 22.3 Å². The lowest BCUT2D eigenvalue weighted by molar-refractivity contribution is -0.117. The molecule has 0 spiro atoms. The number of ketones is 1. The lowest BCUT2D eigenvalue weighted by Gasteiger charge is -2.24. The molecule has 6 nitrogen and oxygen atoms in total. The van der Waals surface area contributed by atoms with E-state index < -0.39 is 23.5 Å². The number of benzene rings is 2. The quantitative estimate of drug-likeness (QED) is 0.350. The topological polar surface area (TPSA) is 83.6 Å². The Morgan fingerprint density at radius 3 is 2.52 bits per heavy atom. The molecule has 3 heterocycles. The number of thiazole rings is 1. The number of aryl methyl sites for hydroxylation is 3. The number of furan rings is 1. The molecule has 1 aliphatic heterocycles. The number of carbonyl (C=O) groups is 2. The minimum Gasteiger partial charge on any atom is -0.503 e. The van der Waals surface area contributed by atoms with Crippen molar-refractivity contribution in [3.05, 3.63) is 93.1 Å². The van der Waals surface area contributed by atoms with Gasteiger partial charge in [0.2, 0.25) is 5.78 Å². The van der Waals surface area contributed by atoms with E-state index >= 15 is 0 Å². The van der Waals surface area contributed by atoms with Crippen LogP contribution in [0.1, 0.15) is 39.0 Å². The second kappa shape index (κ2) is 7.86. The van der Waals surface area contributed by atoms with E-state index in [0.717, 1.165) is 21.3 Å². The molecule has 2 aromatic heterocycles. The maximum absolute atomic E-state index is 13.4. The summed E-state index contributed by atoms with van der Waals surface area (Å²) in [6.07, 6.45) is 0. The molecule has 166 valence electrons. The van der Waals surface area contributed by atoms with Gasteiger partial charge in [-0.15, -0.1) is 0 Å². The van der Waals surface area contributed by atoms with Crippen molar-refractivity contribution in [2.45, 2.75) is 26.8 Å². The average molecular weight is 479 g/mol. The smallest absolute Gasteiger partial charge is 0.296 e. The number of hydrogen-bond acceptors (Lipinski definition) is 6. The number of aliphatic hydroxyl groups excluding tert-OH is 1. The summed E-state index contributed by atoms with van der Waals surface area (Å²) in [6.45, 7) is 5.68. The van der Waals surface area contributed by atoms with Crippen molar-refractivity contribution in [1.82, 2.24) is 4.98 Å². The Kier molecular flexibility index (Phi) is 5.11. The minimum atomic E-state index is -0.880. The van der Waals surface area contributed by atoms with Crippen molar-refractivity contribution in [2.75, 3.05) is 4.90 Å². The number of nitrogens with zero attached hydrogens (tertiary/aromatic N) is 2. The van der Waals surface area contributed by atoms with E-state index in [-0.39, 0.29) is 11.3 Å². The summed E-state index contributed by atoms with van der Waals surface area (Å²) < 4.78 is 6.43. The summed E-state index contributed by atoms with van der Waals surface area (Å²) in [6, 6.07) is 13.2. The van der Waals surface area contributed by atoms with Crippen LogP contribution in [0.5, 0.6) is 0 Å². The van der Waals surface area contributed by atoms with Crippen LogP contribution >= 0.6 is 22.9 Å². The third-order valence-electron chi connectivity index (χ3n) is 5.63. The number of carbonyl (C=O) groups excluding carboxylic acids is 2. The number of hydrogen-bond donors (Lipinski definition) is 1. The second-order valence-corrected chi connectivity index (χ2v) is 9.50. The van der Waals surface area contributed by atoms with Crippen molar-refractivity contribution in [2.24, 2.45) is 0 Å². The zero-order valence-corrected chi connectivity index (χ0v) is 19.6. The number of aromatic nitrogens is 1. The molecule has 1 amide bonds. The van der Waals surface area contributed by atoms with Crippen LogP contribution in [0.2, 0.25) is 5.02 Å². The molecule has 0 saturated carbocycles. The van der Waals surface area contributed by atoms with E-state index in [2.05, 4.69) is 0 Å². The minimum absolute atomic E-state index is 0.0520. The van der Waals surface area contributed by atoms with Crippen LogP contribution in [0.25, 0.3) is 10.2 Å². The monoisotopic (exact) mass is 478 g/mol. The number of Topliss-reactive ketones (excluding diaryl/α,β-unsaturated/α-hetero) is 1. The van der Waals surface area contributed by atoms with Gasteiger partial charge in [0, 0.05) is 5.02 Å². The van der Waals surface area contributed by atoms with Crippen LogP contribution in [0.15, 0.2) is 64.3 Å². The predicted molar refractivity (Wildman–Crippen MR) is 128 cm³/mol. The molecule has 1 aliphatic rings. The summed E-state index contributed by atoms with van der Waals surface area (Å²) in [5, 5.41) is 11.8. The van der Waals surface area contributed by atoms with Crippen LogP contribution in [0.3, 0.4) is 0 Å². The highest BCUT2D eigenvalue weighted by molar-refractivity contribution is 7.22. The first kappa shape index (κ1) is 21.4. The molecule has 33 heavy (non-hydrogen) atoms. The van der Waals surface area contributed by atoms with Crippen molar-refractivity contribution in [1.29, 1.82) is 0 Å². The van der Waals surface area contributed by atoms with Gasteiger partial charge >= 0.3 is 0 Å². The first-order valence-corrected chi connectivity index (χ1v) is 11.4. The van der Waals surface area contributed by atoms with Gasteiger partial charge in [0.25, 0.3) is 5.91 Å². The highest BCUT2D eigenvalue weighted by Crippen LogP contribution is 2.44. The van der Waals surface area contributed by atoms with Gasteiger partial charge in [-0.3, -0.25) is 14.5 Å². The van der Waals surface area contributed by atoms with Gasteiger partial charge in [-0.05, 0) is 67.8 Å². The average Bonchev–Trinajstić information content (AvgIpc) is 3.45. The third-order valence-corrected chi connectivity index (χ3v) is 6.88. The number of rotatable bonds is 4. The summed E-state index contributed by atoms with van der Waals surface area (Å²) in [4.78, 5) is 32.8. The summed E-state index contributed by atoms with van der Waals surface area (Å²) >= 11 is 7.42. The molecule has 2 aromatic carbocycles. The van der Waals surface area contributed by atoms with Gasteiger partial charge in [-0.25, -0.2) is 4.98 Å². The molecule has 4 aromatic rings. The van der Waals surface area contributed by atoms with Gasteiger partial charge in [-0.1, -0.05) is 41.1 Å². The maximum atomic E-state index is 13.4. The van der Waals surface area contributed by atoms with E-state index in [0.29, 0.717) is 21.5 Å². The second-order valence-electron chi connectivity index (χ2n) is 8.06. The zero-order valence-electron chi connectivity index (χ0n) is 18.0. The largest absolute Gasteiger partial charge is 0.503 e. The Bertz CT molecular complexity index is 1470. The van der Waals surface area contributed by atoms with Gasteiger partial charge < -0.3 is 9.52 Å². The van der Waals surface area contributed by atoms with Gasteiger partial charge in [0.15, 0.2) is 16.7 Å². The highest BCUT2D eigenvalue weighted by atomic mass is 35.5. The summed E-state index contributed by atoms with van der Waals surface area (Å²) in [7, 11) is 0. The fourth-order valence-corrected chi connectivity index (χ4v) is 5.44. The lowest BCUT2D eigenvalue weighted by Crippen LogP contribution is -2.30. The molecule has 0 saturated heterocycles. The van der Waals surface area contributed by atoms with Crippen LogP contribution < -0.4 is 4.90 Å². The molecule has 1 N–H and O–H groups in total. The molecule has 0 aliphatic carbocycles. The predicted octanol–water partition coefficient (Wildman–Crippen LogP) is 6.25. The molecule has 5 rings (SSSR count). The molecule has 0 bridgehead atoms. The first-order valence-electron chi connectivity index (χ1n) is 10.3. The SMILES string of the molecule is Cc1cc(C)c2nc(N3C(=O)C(O)=C(C(=O)c4ccc(C)o4)C3c3ccc(Cl)cc3)sc2c1. The standard InChI is InChI=1S/C25H19ClN2O4S/c1-12-10-13(2)20-18(11-12)33-25(27-20)28-21(15-5-7-16(26)8-6-15)19(23(30)24(28)31)22(29)17-9-4-14(3)32-17/h4-11,21,30H,1-3H3. The molecule has 0 radical (unpaired) electrons. The molecule has 0 fully saturated rings. The fourth-order valence-electron chi connectivity index (χ4n) is 4.15. The molecule has 1 atom stereocenters. The van der Waals surface area contributed by atoms with E-state index in [1.807, 2.05) is 26.0 Å². The number of fused-ring (bicyclic) bond motifs is 1. The van der Waals surface area contributed by atoms with Gasteiger partial charge in [0.05, 0.1) is 21.8 Å². The Balaban J connectivity index is 1.69. The number of aliphatic hydroxyl groups is 1. The van der Waals surface area contributed by atoms with Crippen molar-refractivity contribution < 1.29 is 19.1 Å². The van der Waals surface area contributed by atoms with Crippen LogP contribution in [0.4, 0.5) is 5.13 Å². The first-order chi connectivity index (χ1) is 15.7. The molecular formula is C25H19ClN2O4S. The van der Waals surface area contributed by atoms with Gasteiger partial charge in [-0.2, -0.15) is 0 Å². The van der Waals surface area contributed by atoms with E-state index in [9.17, 15) is 14.7 Å². The van der Waals surface area contributed by atoms with E-state index in [4.69, 9.17) is 21.0 Å². The van der Waals surface area contributed by atoms with Crippen molar-refractivity contribution >= 4 is 50.0 Å². The number of anilines is 1. The molecule has 1 unspecified atom stereocenters. The Morgan fingerprint density at radius 2 is 1.85 bits per heavy atom. The third kappa shape index (κ3) is 3.53. The fraction of sp³-hybridized carbons (Fsp3) is 0.160. The number of halogens is 1. The normalized spacial score (nSPS) is 16.3. The molecular weight excluding hydrogens is 460 g/mol. The highest BCUT2D eigenvalue weighted by Gasteiger charge is 2.46. The van der Waals surface area contributed by atoms with Crippen molar-refractivity contribution in [3.8, 4) is 0 Å². The summed E-state index contributed by atoms with van der Waals surface area (Å²) in [5.41, 5.74) is 3.42. The number of amides is 1. The van der Waals surface area contributed by atoms with Crippen LogP contribution in [0, 0.1) is 20.8 Å². The maximum Gasteiger partial charge on any atom is 0.296 e. The van der Waals surface area contributed by atoms with E-state index in [1.54, 1.807) is 37.3 Å².